The minimum atomic E-state index is -0.379. The van der Waals surface area contributed by atoms with Crippen LogP contribution >= 0.6 is 0 Å². The SMILES string of the molecule is O=C(COC(c1ccccc1)c1ccccc1)NCc1ccc(Oc2cccc(F)c2)nc1. The second-order valence-corrected chi connectivity index (χ2v) is 7.35. The smallest absolute Gasteiger partial charge is 0.246 e. The molecule has 4 rings (SSSR count). The topological polar surface area (TPSA) is 60.5 Å². The summed E-state index contributed by atoms with van der Waals surface area (Å²) in [5, 5.41) is 2.84. The Morgan fingerprint density at radius 2 is 1.58 bits per heavy atom. The first kappa shape index (κ1) is 22.2. The Morgan fingerprint density at radius 3 is 2.18 bits per heavy atom. The maximum absolute atomic E-state index is 13.3. The molecule has 166 valence electrons. The number of nitrogens with one attached hydrogen (secondary N) is 1. The van der Waals surface area contributed by atoms with E-state index in [0.717, 1.165) is 16.7 Å². The molecule has 0 aliphatic carbocycles. The van der Waals surface area contributed by atoms with Gasteiger partial charge in [0.2, 0.25) is 11.8 Å². The highest BCUT2D eigenvalue weighted by molar-refractivity contribution is 5.77. The minimum absolute atomic E-state index is 0.0807. The lowest BCUT2D eigenvalue weighted by Gasteiger charge is -2.19. The summed E-state index contributed by atoms with van der Waals surface area (Å²) in [7, 11) is 0. The molecular weight excluding hydrogens is 419 g/mol. The summed E-state index contributed by atoms with van der Waals surface area (Å²) < 4.78 is 24.8. The molecule has 1 amide bonds. The number of hydrogen-bond acceptors (Lipinski definition) is 4. The van der Waals surface area contributed by atoms with Gasteiger partial charge in [0.25, 0.3) is 0 Å². The Balaban J connectivity index is 1.30. The first-order chi connectivity index (χ1) is 16.2. The van der Waals surface area contributed by atoms with Crippen molar-refractivity contribution >= 4 is 5.91 Å². The quantitative estimate of drug-likeness (QED) is 0.375. The Kier molecular flexibility index (Phi) is 7.40. The lowest BCUT2D eigenvalue weighted by molar-refractivity contribution is -0.127. The van der Waals surface area contributed by atoms with Gasteiger partial charge in [0.05, 0.1) is 0 Å². The van der Waals surface area contributed by atoms with E-state index in [1.165, 1.54) is 12.1 Å². The molecule has 0 atom stereocenters. The van der Waals surface area contributed by atoms with Gasteiger partial charge < -0.3 is 14.8 Å². The third-order valence-corrected chi connectivity index (χ3v) is 4.89. The molecule has 1 aromatic heterocycles. The van der Waals surface area contributed by atoms with Crippen molar-refractivity contribution < 1.29 is 18.7 Å². The van der Waals surface area contributed by atoms with Crippen LogP contribution in [0.15, 0.2) is 103 Å². The average molecular weight is 442 g/mol. The highest BCUT2D eigenvalue weighted by Crippen LogP contribution is 2.25. The summed E-state index contributed by atoms with van der Waals surface area (Å²) in [6.07, 6.45) is 1.27. The molecule has 4 aromatic rings. The van der Waals surface area contributed by atoms with E-state index in [9.17, 15) is 9.18 Å². The molecule has 0 saturated heterocycles. The number of benzene rings is 3. The van der Waals surface area contributed by atoms with E-state index in [2.05, 4.69) is 10.3 Å². The van der Waals surface area contributed by atoms with Crippen molar-refractivity contribution in [2.24, 2.45) is 0 Å². The first-order valence-corrected chi connectivity index (χ1v) is 10.5. The molecule has 0 aliphatic rings. The molecule has 3 aromatic carbocycles. The molecule has 33 heavy (non-hydrogen) atoms. The summed E-state index contributed by atoms with van der Waals surface area (Å²) in [4.78, 5) is 16.6. The van der Waals surface area contributed by atoms with E-state index in [4.69, 9.17) is 9.47 Å². The van der Waals surface area contributed by atoms with Gasteiger partial charge in [-0.1, -0.05) is 72.8 Å². The van der Waals surface area contributed by atoms with Crippen molar-refractivity contribution in [3.63, 3.8) is 0 Å². The second kappa shape index (κ2) is 11.0. The predicted molar refractivity (Wildman–Crippen MR) is 123 cm³/mol. The Hall–Kier alpha value is -4.03. The summed E-state index contributed by atoms with van der Waals surface area (Å²) in [5.74, 6) is 0.0995. The number of hydrogen-bond donors (Lipinski definition) is 1. The van der Waals surface area contributed by atoms with Crippen molar-refractivity contribution in [2.45, 2.75) is 12.6 Å². The minimum Gasteiger partial charge on any atom is -0.439 e. The number of rotatable bonds is 9. The third-order valence-electron chi connectivity index (χ3n) is 4.89. The summed E-state index contributed by atoms with van der Waals surface area (Å²) in [6, 6.07) is 28.9. The Morgan fingerprint density at radius 1 is 0.879 bits per heavy atom. The summed E-state index contributed by atoms with van der Waals surface area (Å²) >= 11 is 0. The zero-order chi connectivity index (χ0) is 22.9. The normalized spacial score (nSPS) is 10.7. The van der Waals surface area contributed by atoms with Crippen molar-refractivity contribution in [2.75, 3.05) is 6.61 Å². The molecule has 0 aliphatic heterocycles. The number of aromatic nitrogens is 1. The van der Waals surface area contributed by atoms with Crippen LogP contribution in [0.5, 0.6) is 11.6 Å². The fourth-order valence-electron chi connectivity index (χ4n) is 3.28. The van der Waals surface area contributed by atoms with E-state index in [1.807, 2.05) is 60.7 Å². The Bertz CT molecular complexity index is 1130. The number of carbonyl (C=O) groups is 1. The molecule has 0 unspecified atom stereocenters. The standard InChI is InChI=1S/C27H23FN2O3/c28-23-12-7-13-24(16-23)33-26-15-14-20(18-30-26)17-29-25(31)19-32-27(21-8-3-1-4-9-21)22-10-5-2-6-11-22/h1-16,18,27H,17,19H2,(H,29,31). The molecule has 0 bridgehead atoms. The number of amides is 1. The largest absolute Gasteiger partial charge is 0.439 e. The predicted octanol–water partition coefficient (Wildman–Crippen LogP) is 5.44. The molecule has 0 saturated carbocycles. The average Bonchev–Trinajstić information content (AvgIpc) is 2.85. The van der Waals surface area contributed by atoms with Crippen LogP contribution in [0.3, 0.4) is 0 Å². The van der Waals surface area contributed by atoms with E-state index in [-0.39, 0.29) is 24.4 Å². The fourth-order valence-corrected chi connectivity index (χ4v) is 3.28. The van der Waals surface area contributed by atoms with Gasteiger partial charge in [0.1, 0.15) is 24.3 Å². The molecular formula is C27H23FN2O3. The van der Waals surface area contributed by atoms with Crippen LogP contribution in [0.4, 0.5) is 4.39 Å². The van der Waals surface area contributed by atoms with Gasteiger partial charge in [0.15, 0.2) is 0 Å². The number of halogens is 1. The maximum Gasteiger partial charge on any atom is 0.246 e. The summed E-state index contributed by atoms with van der Waals surface area (Å²) in [5.41, 5.74) is 2.77. The molecule has 0 radical (unpaired) electrons. The third kappa shape index (κ3) is 6.48. The Labute approximate surface area is 191 Å². The number of nitrogens with zero attached hydrogens (tertiary/aromatic N) is 1. The monoisotopic (exact) mass is 442 g/mol. The zero-order valence-corrected chi connectivity index (χ0v) is 17.9. The maximum atomic E-state index is 13.3. The van der Waals surface area contributed by atoms with Gasteiger partial charge in [-0.25, -0.2) is 9.37 Å². The molecule has 5 nitrogen and oxygen atoms in total. The summed E-state index contributed by atoms with van der Waals surface area (Å²) in [6.45, 7) is 0.222. The molecule has 1 N–H and O–H groups in total. The van der Waals surface area contributed by atoms with Crippen LogP contribution < -0.4 is 10.1 Å². The van der Waals surface area contributed by atoms with Crippen LogP contribution in [-0.2, 0) is 16.1 Å². The van der Waals surface area contributed by atoms with Crippen LogP contribution in [0.2, 0.25) is 0 Å². The second-order valence-electron chi connectivity index (χ2n) is 7.35. The highest BCUT2D eigenvalue weighted by atomic mass is 19.1. The van der Waals surface area contributed by atoms with E-state index in [1.54, 1.807) is 30.5 Å². The van der Waals surface area contributed by atoms with Crippen LogP contribution in [0.25, 0.3) is 0 Å². The van der Waals surface area contributed by atoms with Gasteiger partial charge in [-0.15, -0.1) is 0 Å². The van der Waals surface area contributed by atoms with Crippen LogP contribution in [-0.4, -0.2) is 17.5 Å². The highest BCUT2D eigenvalue weighted by Gasteiger charge is 2.16. The van der Waals surface area contributed by atoms with Crippen molar-refractivity contribution in [1.82, 2.24) is 10.3 Å². The van der Waals surface area contributed by atoms with Crippen LogP contribution in [0.1, 0.15) is 22.8 Å². The first-order valence-electron chi connectivity index (χ1n) is 10.5. The van der Waals surface area contributed by atoms with E-state index >= 15 is 0 Å². The van der Waals surface area contributed by atoms with Gasteiger partial charge in [-0.3, -0.25) is 4.79 Å². The lowest BCUT2D eigenvalue weighted by atomic mass is 10.0. The molecule has 6 heteroatoms. The zero-order valence-electron chi connectivity index (χ0n) is 17.9. The van der Waals surface area contributed by atoms with Gasteiger partial charge >= 0.3 is 0 Å². The molecule has 0 fully saturated rings. The van der Waals surface area contributed by atoms with Crippen molar-refractivity contribution in [3.05, 3.63) is 126 Å². The van der Waals surface area contributed by atoms with Crippen molar-refractivity contribution in [1.29, 1.82) is 0 Å². The van der Waals surface area contributed by atoms with Gasteiger partial charge in [-0.2, -0.15) is 0 Å². The number of ether oxygens (including phenoxy) is 2. The van der Waals surface area contributed by atoms with Gasteiger partial charge in [0, 0.05) is 24.9 Å². The van der Waals surface area contributed by atoms with E-state index < -0.39 is 0 Å². The van der Waals surface area contributed by atoms with E-state index in [0.29, 0.717) is 18.2 Å². The van der Waals surface area contributed by atoms with Crippen LogP contribution in [0, 0.1) is 5.82 Å². The van der Waals surface area contributed by atoms with Crippen molar-refractivity contribution in [3.8, 4) is 11.6 Å². The number of carbonyl (C=O) groups excluding carboxylic acids is 1. The molecule has 0 spiro atoms. The molecule has 1 heterocycles. The number of pyridine rings is 1. The lowest BCUT2D eigenvalue weighted by Crippen LogP contribution is -2.28. The van der Waals surface area contributed by atoms with Gasteiger partial charge in [-0.05, 0) is 28.8 Å². The fraction of sp³-hybridized carbons (Fsp3) is 0.111.